The van der Waals surface area contributed by atoms with Crippen molar-refractivity contribution in [1.29, 1.82) is 0 Å². The Morgan fingerprint density at radius 1 is 1.45 bits per heavy atom. The van der Waals surface area contributed by atoms with Crippen molar-refractivity contribution in [2.24, 2.45) is 10.7 Å². The lowest BCUT2D eigenvalue weighted by atomic mass is 10.1. The smallest absolute Gasteiger partial charge is 0.104 e. The van der Waals surface area contributed by atoms with Crippen LogP contribution in [0.15, 0.2) is 23.2 Å². The lowest BCUT2D eigenvalue weighted by Gasteiger charge is -1.96. The summed E-state index contributed by atoms with van der Waals surface area (Å²) in [5, 5.41) is 0. The normalized spacial score (nSPS) is 14.5. The number of nitrogens with two attached hydrogens (primary N) is 1. The maximum absolute atomic E-state index is 5.59. The predicted molar refractivity (Wildman–Crippen MR) is 46.2 cm³/mol. The lowest BCUT2D eigenvalue weighted by molar-refractivity contribution is 1.33. The highest BCUT2D eigenvalue weighted by atomic mass is 14.9. The quantitative estimate of drug-likeness (QED) is 0.592. The molecule has 2 nitrogen and oxygen atoms in total. The van der Waals surface area contributed by atoms with Crippen LogP contribution in [-0.2, 0) is 6.42 Å². The third-order valence-electron chi connectivity index (χ3n) is 1.87. The number of rotatable bonds is 0. The minimum Gasteiger partial charge on any atom is -0.387 e. The van der Waals surface area contributed by atoms with Crippen LogP contribution < -0.4 is 5.73 Å². The minimum atomic E-state index is 0.727. The second kappa shape index (κ2) is 2.09. The molecule has 0 bridgehead atoms. The molecule has 1 aliphatic heterocycles. The van der Waals surface area contributed by atoms with Crippen LogP contribution in [-0.4, -0.2) is 5.84 Å². The molecule has 0 fully saturated rings. The molecule has 1 heterocycles. The van der Waals surface area contributed by atoms with E-state index < -0.39 is 0 Å². The molecule has 0 aromatic heterocycles. The van der Waals surface area contributed by atoms with E-state index in [-0.39, 0.29) is 0 Å². The Morgan fingerprint density at radius 3 is 3.09 bits per heavy atom. The van der Waals surface area contributed by atoms with Gasteiger partial charge in [0.15, 0.2) is 0 Å². The van der Waals surface area contributed by atoms with E-state index in [1.54, 1.807) is 0 Å². The summed E-state index contributed by atoms with van der Waals surface area (Å²) in [5.74, 6) is 0.727. The Morgan fingerprint density at radius 2 is 2.27 bits per heavy atom. The van der Waals surface area contributed by atoms with Gasteiger partial charge in [-0.2, -0.15) is 0 Å². The van der Waals surface area contributed by atoms with Gasteiger partial charge in [-0.3, -0.25) is 0 Å². The zero-order valence-corrected chi connectivity index (χ0v) is 6.46. The Kier molecular flexibility index (Phi) is 1.22. The van der Waals surface area contributed by atoms with Gasteiger partial charge in [-0.15, -0.1) is 0 Å². The summed E-state index contributed by atoms with van der Waals surface area (Å²) >= 11 is 0. The van der Waals surface area contributed by atoms with Crippen molar-refractivity contribution in [3.05, 3.63) is 29.3 Å². The highest BCUT2D eigenvalue weighted by Gasteiger charge is 2.10. The fourth-order valence-electron chi connectivity index (χ4n) is 1.35. The third-order valence-corrected chi connectivity index (χ3v) is 1.87. The van der Waals surface area contributed by atoms with Crippen LogP contribution in [0, 0.1) is 6.92 Å². The SMILES string of the molecule is Cc1ccc2c(c1)CC(N)=N2. The van der Waals surface area contributed by atoms with Crippen LogP contribution in [0.25, 0.3) is 0 Å². The molecule has 1 aliphatic rings. The molecule has 0 spiro atoms. The van der Waals surface area contributed by atoms with E-state index >= 15 is 0 Å². The zero-order chi connectivity index (χ0) is 7.84. The summed E-state index contributed by atoms with van der Waals surface area (Å²) in [6, 6.07) is 6.21. The molecule has 0 atom stereocenters. The summed E-state index contributed by atoms with van der Waals surface area (Å²) < 4.78 is 0. The van der Waals surface area contributed by atoms with Gasteiger partial charge in [0.25, 0.3) is 0 Å². The Balaban J connectivity index is 2.52. The van der Waals surface area contributed by atoms with E-state index in [2.05, 4.69) is 24.0 Å². The molecule has 0 saturated heterocycles. The lowest BCUT2D eigenvalue weighted by Crippen LogP contribution is -2.09. The summed E-state index contributed by atoms with van der Waals surface area (Å²) in [6.07, 6.45) is 0.816. The highest BCUT2D eigenvalue weighted by molar-refractivity contribution is 5.90. The molecule has 11 heavy (non-hydrogen) atoms. The summed E-state index contributed by atoms with van der Waals surface area (Å²) in [7, 11) is 0. The van der Waals surface area contributed by atoms with Crippen LogP contribution in [0.1, 0.15) is 11.1 Å². The minimum absolute atomic E-state index is 0.727. The van der Waals surface area contributed by atoms with E-state index in [4.69, 9.17) is 5.73 Å². The molecule has 0 unspecified atom stereocenters. The van der Waals surface area contributed by atoms with Crippen LogP contribution in [0.4, 0.5) is 5.69 Å². The second-order valence-electron chi connectivity index (χ2n) is 2.91. The van der Waals surface area contributed by atoms with E-state index in [0.717, 1.165) is 17.9 Å². The number of amidine groups is 1. The van der Waals surface area contributed by atoms with Crippen molar-refractivity contribution in [2.45, 2.75) is 13.3 Å². The topological polar surface area (TPSA) is 38.4 Å². The number of hydrogen-bond acceptors (Lipinski definition) is 2. The van der Waals surface area contributed by atoms with E-state index in [1.807, 2.05) is 6.07 Å². The first kappa shape index (κ1) is 6.40. The van der Waals surface area contributed by atoms with E-state index in [0.29, 0.717) is 0 Å². The monoisotopic (exact) mass is 146 g/mol. The number of aryl methyl sites for hydroxylation is 1. The molecule has 0 saturated carbocycles. The van der Waals surface area contributed by atoms with Crippen molar-refractivity contribution in [2.75, 3.05) is 0 Å². The van der Waals surface area contributed by atoms with Gasteiger partial charge in [0, 0.05) is 6.42 Å². The molecular formula is C9H10N2. The van der Waals surface area contributed by atoms with Crippen molar-refractivity contribution >= 4 is 11.5 Å². The van der Waals surface area contributed by atoms with Crippen molar-refractivity contribution < 1.29 is 0 Å². The number of hydrogen-bond donors (Lipinski definition) is 1. The van der Waals surface area contributed by atoms with Crippen molar-refractivity contribution in [1.82, 2.24) is 0 Å². The first-order chi connectivity index (χ1) is 5.25. The van der Waals surface area contributed by atoms with Gasteiger partial charge in [-0.05, 0) is 18.6 Å². The molecule has 56 valence electrons. The molecule has 2 N–H and O–H groups in total. The molecule has 0 amide bonds. The second-order valence-corrected chi connectivity index (χ2v) is 2.91. The van der Waals surface area contributed by atoms with Crippen LogP contribution >= 0.6 is 0 Å². The Labute approximate surface area is 65.8 Å². The van der Waals surface area contributed by atoms with Crippen molar-refractivity contribution in [3.63, 3.8) is 0 Å². The highest BCUT2D eigenvalue weighted by Crippen LogP contribution is 2.25. The number of nitrogens with zero attached hydrogens (tertiary/aromatic N) is 1. The van der Waals surface area contributed by atoms with Crippen molar-refractivity contribution in [3.8, 4) is 0 Å². The third kappa shape index (κ3) is 1.00. The number of fused-ring (bicyclic) bond motifs is 1. The van der Waals surface area contributed by atoms with Crippen LogP contribution in [0.5, 0.6) is 0 Å². The summed E-state index contributed by atoms with van der Waals surface area (Å²) in [6.45, 7) is 2.08. The standard InChI is InChI=1S/C9H10N2/c1-6-2-3-8-7(4-6)5-9(10)11-8/h2-4H,5H2,1H3,(H2,10,11). The predicted octanol–water partition coefficient (Wildman–Crippen LogP) is 1.54. The average Bonchev–Trinajstić information content (AvgIpc) is 2.27. The number of aliphatic imine (C=N–C) groups is 1. The van der Waals surface area contributed by atoms with Gasteiger partial charge < -0.3 is 5.73 Å². The summed E-state index contributed by atoms with van der Waals surface area (Å²) in [4.78, 5) is 4.19. The Bertz CT molecular complexity index is 326. The van der Waals surface area contributed by atoms with E-state index in [9.17, 15) is 0 Å². The van der Waals surface area contributed by atoms with E-state index in [1.165, 1.54) is 11.1 Å². The zero-order valence-electron chi connectivity index (χ0n) is 6.46. The molecule has 0 radical (unpaired) electrons. The van der Waals surface area contributed by atoms with Crippen LogP contribution in [0.3, 0.4) is 0 Å². The molecule has 2 rings (SSSR count). The first-order valence-electron chi connectivity index (χ1n) is 3.68. The molecule has 1 aromatic carbocycles. The molecular weight excluding hydrogens is 136 g/mol. The fraction of sp³-hybridized carbons (Fsp3) is 0.222. The molecule has 0 aliphatic carbocycles. The number of benzene rings is 1. The van der Waals surface area contributed by atoms with Gasteiger partial charge in [-0.1, -0.05) is 17.7 Å². The molecule has 1 aromatic rings. The average molecular weight is 146 g/mol. The summed E-state index contributed by atoms with van der Waals surface area (Å²) in [5.41, 5.74) is 9.14. The van der Waals surface area contributed by atoms with Gasteiger partial charge in [-0.25, -0.2) is 4.99 Å². The van der Waals surface area contributed by atoms with Gasteiger partial charge >= 0.3 is 0 Å². The Hall–Kier alpha value is -1.31. The molecule has 2 heteroatoms. The first-order valence-corrected chi connectivity index (χ1v) is 3.68. The van der Waals surface area contributed by atoms with Gasteiger partial charge in [0.2, 0.25) is 0 Å². The van der Waals surface area contributed by atoms with Crippen LogP contribution in [0.2, 0.25) is 0 Å². The fourth-order valence-corrected chi connectivity index (χ4v) is 1.35. The van der Waals surface area contributed by atoms with Gasteiger partial charge in [0.1, 0.15) is 5.84 Å². The largest absolute Gasteiger partial charge is 0.387 e. The van der Waals surface area contributed by atoms with Gasteiger partial charge in [0.05, 0.1) is 5.69 Å². The maximum Gasteiger partial charge on any atom is 0.104 e. The maximum atomic E-state index is 5.59.